The zero-order valence-electron chi connectivity index (χ0n) is 22.0. The van der Waals surface area contributed by atoms with Crippen LogP contribution in [0.15, 0.2) is 48.6 Å². The Bertz CT molecular complexity index is 1330. The first kappa shape index (κ1) is 27.3. The van der Waals surface area contributed by atoms with Crippen LogP contribution in [0.25, 0.3) is 10.2 Å². The van der Waals surface area contributed by atoms with Crippen molar-refractivity contribution in [2.75, 3.05) is 52.3 Å². The van der Waals surface area contributed by atoms with E-state index in [9.17, 15) is 14.4 Å². The van der Waals surface area contributed by atoms with Gasteiger partial charge in [0.25, 0.3) is 5.91 Å². The van der Waals surface area contributed by atoms with Gasteiger partial charge in [-0.25, -0.2) is 4.98 Å². The molecule has 0 unspecified atom stereocenters. The van der Waals surface area contributed by atoms with Crippen molar-refractivity contribution in [1.29, 1.82) is 0 Å². The van der Waals surface area contributed by atoms with Crippen LogP contribution in [0.5, 0.6) is 11.5 Å². The summed E-state index contributed by atoms with van der Waals surface area (Å²) in [5.74, 6) is -0.114. The van der Waals surface area contributed by atoms with Gasteiger partial charge in [0, 0.05) is 38.3 Å². The molecule has 3 aromatic rings. The van der Waals surface area contributed by atoms with E-state index in [1.807, 2.05) is 45.2 Å². The van der Waals surface area contributed by atoms with E-state index in [1.165, 1.54) is 30.6 Å². The number of carbonyl (C=O) groups is 3. The van der Waals surface area contributed by atoms with Crippen LogP contribution in [-0.2, 0) is 9.59 Å². The Kier molecular flexibility index (Phi) is 8.75. The van der Waals surface area contributed by atoms with Gasteiger partial charge in [-0.3, -0.25) is 19.7 Å². The highest BCUT2D eigenvalue weighted by molar-refractivity contribution is 7.22. The van der Waals surface area contributed by atoms with Gasteiger partial charge < -0.3 is 19.3 Å². The second kappa shape index (κ2) is 12.2. The van der Waals surface area contributed by atoms with Gasteiger partial charge in [0.2, 0.25) is 5.91 Å². The van der Waals surface area contributed by atoms with Gasteiger partial charge in [-0.2, -0.15) is 0 Å². The average molecular weight is 537 g/mol. The number of rotatable bonds is 9. The highest BCUT2D eigenvalue weighted by Gasteiger charge is 2.21. The normalized spacial score (nSPS) is 14.3. The number of allylic oxidation sites excluding steroid dienone is 1. The number of fused-ring (bicyclic) bond motifs is 1. The summed E-state index contributed by atoms with van der Waals surface area (Å²) in [5.41, 5.74) is 1.89. The van der Waals surface area contributed by atoms with E-state index in [2.05, 4.69) is 15.2 Å². The Balaban J connectivity index is 1.45. The SMILES string of the molecule is COc1cc(OCC(=O)Nc2nc3ccccc3s2)c(C(C)C)cc1C(=O)/C=C/C(=O)N1CCN(C)CC1. The summed E-state index contributed by atoms with van der Waals surface area (Å²) >= 11 is 1.39. The van der Waals surface area contributed by atoms with Crippen molar-refractivity contribution in [1.82, 2.24) is 14.8 Å². The predicted octanol–water partition coefficient (Wildman–Crippen LogP) is 3.96. The van der Waals surface area contributed by atoms with Crippen LogP contribution in [0.4, 0.5) is 5.13 Å². The van der Waals surface area contributed by atoms with Gasteiger partial charge in [0.1, 0.15) is 11.5 Å². The molecule has 1 aromatic heterocycles. The summed E-state index contributed by atoms with van der Waals surface area (Å²) in [5, 5.41) is 3.28. The molecule has 9 nitrogen and oxygen atoms in total. The molecule has 2 aromatic carbocycles. The van der Waals surface area contributed by atoms with E-state index in [4.69, 9.17) is 9.47 Å². The van der Waals surface area contributed by atoms with Gasteiger partial charge in [-0.15, -0.1) is 0 Å². The van der Waals surface area contributed by atoms with Crippen molar-refractivity contribution in [3.05, 3.63) is 59.7 Å². The molecule has 0 radical (unpaired) electrons. The summed E-state index contributed by atoms with van der Waals surface area (Å²) in [6.45, 7) is 6.58. The number of amides is 2. The number of carbonyl (C=O) groups excluding carboxylic acids is 3. The van der Waals surface area contributed by atoms with Crippen molar-refractivity contribution in [3.8, 4) is 11.5 Å². The zero-order chi connectivity index (χ0) is 27.2. The van der Waals surface area contributed by atoms with Gasteiger partial charge in [-0.1, -0.05) is 37.3 Å². The lowest BCUT2D eigenvalue weighted by molar-refractivity contribution is -0.127. The van der Waals surface area contributed by atoms with Gasteiger partial charge >= 0.3 is 0 Å². The number of piperazine rings is 1. The molecule has 2 amide bonds. The number of ketones is 1. The van der Waals surface area contributed by atoms with Crippen molar-refractivity contribution in [3.63, 3.8) is 0 Å². The molecule has 10 heteroatoms. The summed E-state index contributed by atoms with van der Waals surface area (Å²) < 4.78 is 12.3. The quantitative estimate of drug-likeness (QED) is 0.326. The third kappa shape index (κ3) is 6.56. The smallest absolute Gasteiger partial charge is 0.264 e. The zero-order valence-corrected chi connectivity index (χ0v) is 22.8. The Labute approximate surface area is 226 Å². The van der Waals surface area contributed by atoms with Crippen LogP contribution in [0.1, 0.15) is 35.7 Å². The van der Waals surface area contributed by atoms with Crippen molar-refractivity contribution < 1.29 is 23.9 Å². The fraction of sp³-hybridized carbons (Fsp3) is 0.357. The molecule has 4 rings (SSSR count). The third-order valence-electron chi connectivity index (χ3n) is 6.31. The Hall–Kier alpha value is -3.76. The van der Waals surface area contributed by atoms with Crippen LogP contribution in [0.3, 0.4) is 0 Å². The van der Waals surface area contributed by atoms with E-state index >= 15 is 0 Å². The Morgan fingerprint density at radius 2 is 1.82 bits per heavy atom. The van der Waals surface area contributed by atoms with E-state index in [0.29, 0.717) is 35.3 Å². The van der Waals surface area contributed by atoms with Crippen LogP contribution >= 0.6 is 11.3 Å². The molecule has 1 aliphatic rings. The number of aromatic nitrogens is 1. The molecule has 1 saturated heterocycles. The number of para-hydroxylation sites is 1. The maximum atomic E-state index is 13.0. The number of thiazole rings is 1. The van der Waals surface area contributed by atoms with E-state index in [-0.39, 0.29) is 30.1 Å². The van der Waals surface area contributed by atoms with Crippen molar-refractivity contribution >= 4 is 44.3 Å². The van der Waals surface area contributed by atoms with Gasteiger partial charge in [0.05, 0.1) is 22.9 Å². The molecule has 200 valence electrons. The number of methoxy groups -OCH3 is 1. The van der Waals surface area contributed by atoms with E-state index in [0.717, 1.165) is 28.9 Å². The molecule has 1 N–H and O–H groups in total. The number of likely N-dealkylation sites (N-methyl/N-ethyl adjacent to an activating group) is 1. The van der Waals surface area contributed by atoms with Gasteiger partial charge in [-0.05, 0) is 42.8 Å². The minimum absolute atomic E-state index is 0.00531. The minimum atomic E-state index is -0.344. The van der Waals surface area contributed by atoms with Crippen molar-refractivity contribution in [2.45, 2.75) is 19.8 Å². The van der Waals surface area contributed by atoms with Crippen molar-refractivity contribution in [2.24, 2.45) is 0 Å². The average Bonchev–Trinajstić information content (AvgIpc) is 3.32. The molecular weight excluding hydrogens is 504 g/mol. The maximum absolute atomic E-state index is 13.0. The van der Waals surface area contributed by atoms with E-state index < -0.39 is 0 Å². The molecule has 1 fully saturated rings. The lowest BCUT2D eigenvalue weighted by atomic mass is 9.97. The number of benzene rings is 2. The molecular formula is C28H32N4O5S. The fourth-order valence-corrected chi connectivity index (χ4v) is 4.99. The molecule has 0 atom stereocenters. The summed E-state index contributed by atoms with van der Waals surface area (Å²) in [4.78, 5) is 46.4. The molecule has 38 heavy (non-hydrogen) atoms. The van der Waals surface area contributed by atoms with Crippen LogP contribution in [-0.4, -0.2) is 79.3 Å². The number of hydrogen-bond donors (Lipinski definition) is 1. The Morgan fingerprint density at radius 1 is 1.08 bits per heavy atom. The third-order valence-corrected chi connectivity index (χ3v) is 7.26. The molecule has 0 aliphatic carbocycles. The maximum Gasteiger partial charge on any atom is 0.264 e. The van der Waals surface area contributed by atoms with Crippen LogP contribution in [0.2, 0.25) is 0 Å². The summed E-state index contributed by atoms with van der Waals surface area (Å²) in [7, 11) is 3.48. The second-order valence-electron chi connectivity index (χ2n) is 9.39. The second-order valence-corrected chi connectivity index (χ2v) is 10.4. The molecule has 2 heterocycles. The Morgan fingerprint density at radius 3 is 2.50 bits per heavy atom. The topological polar surface area (TPSA) is 101 Å². The number of ether oxygens (including phenoxy) is 2. The van der Waals surface area contributed by atoms with Crippen LogP contribution in [0, 0.1) is 0 Å². The lowest BCUT2D eigenvalue weighted by Crippen LogP contribution is -2.46. The monoisotopic (exact) mass is 536 g/mol. The highest BCUT2D eigenvalue weighted by Crippen LogP contribution is 2.34. The first-order chi connectivity index (χ1) is 18.2. The summed E-state index contributed by atoms with van der Waals surface area (Å²) in [6, 6.07) is 11.0. The highest BCUT2D eigenvalue weighted by atomic mass is 32.1. The number of nitrogens with one attached hydrogen (secondary N) is 1. The number of anilines is 1. The first-order valence-electron chi connectivity index (χ1n) is 12.4. The molecule has 1 aliphatic heterocycles. The summed E-state index contributed by atoms with van der Waals surface area (Å²) in [6.07, 6.45) is 2.60. The number of hydrogen-bond acceptors (Lipinski definition) is 8. The van der Waals surface area contributed by atoms with E-state index in [1.54, 1.807) is 17.0 Å². The standard InChI is InChI=1S/C28H32N4O5S/c1-18(2)19-15-20(22(33)9-10-27(35)32-13-11-31(3)12-14-32)23(36-4)16-24(19)37-17-26(34)30-28-29-21-7-5-6-8-25(21)38-28/h5-10,15-16,18H,11-14,17H2,1-4H3,(H,29,30,34)/b10-9+. The predicted molar refractivity (Wildman–Crippen MR) is 148 cm³/mol. The lowest BCUT2D eigenvalue weighted by Gasteiger charge is -2.31. The first-order valence-corrected chi connectivity index (χ1v) is 13.3. The molecule has 0 saturated carbocycles. The molecule has 0 bridgehead atoms. The molecule has 0 spiro atoms. The fourth-order valence-electron chi connectivity index (χ4n) is 4.11. The number of nitrogens with zero attached hydrogens (tertiary/aromatic N) is 3. The van der Waals surface area contributed by atoms with Gasteiger partial charge in [0.15, 0.2) is 17.5 Å². The van der Waals surface area contributed by atoms with Crippen LogP contribution < -0.4 is 14.8 Å². The largest absolute Gasteiger partial charge is 0.496 e. The minimum Gasteiger partial charge on any atom is -0.496 e.